The standard InChI is InChI=1S/C19H16ClF3N4O3S/c20-14-4-2-1-3-13(14)17(28)24-18(31)26-9-7-25(8-10-26)15-6-5-12(19(21,22)23)11-16(15)27(29)30/h1-6,11H,7-10H2,(H,24,28,31). The van der Waals surface area contributed by atoms with E-state index in [-0.39, 0.29) is 34.5 Å². The number of anilines is 1. The van der Waals surface area contributed by atoms with Crippen LogP contribution in [0.5, 0.6) is 0 Å². The first-order chi connectivity index (χ1) is 14.6. The van der Waals surface area contributed by atoms with E-state index in [4.69, 9.17) is 23.8 Å². The van der Waals surface area contributed by atoms with Gasteiger partial charge in [-0.25, -0.2) is 0 Å². The van der Waals surface area contributed by atoms with E-state index >= 15 is 0 Å². The number of hydrogen-bond acceptors (Lipinski definition) is 5. The van der Waals surface area contributed by atoms with E-state index < -0.39 is 28.3 Å². The summed E-state index contributed by atoms with van der Waals surface area (Å²) in [5.74, 6) is -0.462. The predicted octanol–water partition coefficient (Wildman–Crippen LogP) is 4.10. The van der Waals surface area contributed by atoms with E-state index in [1.54, 1.807) is 34.1 Å². The first-order valence-corrected chi connectivity index (χ1v) is 9.82. The molecule has 1 saturated heterocycles. The monoisotopic (exact) mass is 472 g/mol. The van der Waals surface area contributed by atoms with Gasteiger partial charge in [0, 0.05) is 32.2 Å². The zero-order valence-electron chi connectivity index (χ0n) is 15.9. The van der Waals surface area contributed by atoms with Crippen molar-refractivity contribution in [1.82, 2.24) is 10.2 Å². The van der Waals surface area contributed by atoms with Crippen LogP contribution in [0.15, 0.2) is 42.5 Å². The fourth-order valence-electron chi connectivity index (χ4n) is 3.15. The molecule has 0 aromatic heterocycles. The highest BCUT2D eigenvalue weighted by molar-refractivity contribution is 7.80. The Bertz CT molecular complexity index is 1030. The van der Waals surface area contributed by atoms with Gasteiger partial charge in [-0.05, 0) is 36.5 Å². The summed E-state index contributed by atoms with van der Waals surface area (Å²) in [4.78, 5) is 26.2. The summed E-state index contributed by atoms with van der Waals surface area (Å²) in [5, 5.41) is 14.4. The van der Waals surface area contributed by atoms with E-state index in [9.17, 15) is 28.1 Å². The molecule has 0 bridgehead atoms. The molecule has 2 aromatic rings. The number of alkyl halides is 3. The second-order valence-corrected chi connectivity index (χ2v) is 7.47. The molecule has 0 spiro atoms. The number of hydrogen-bond donors (Lipinski definition) is 1. The Labute approximate surface area is 185 Å². The summed E-state index contributed by atoms with van der Waals surface area (Å²) in [6, 6.07) is 8.96. The van der Waals surface area contributed by atoms with Crippen molar-refractivity contribution in [1.29, 1.82) is 0 Å². The number of nitrogens with zero attached hydrogens (tertiary/aromatic N) is 3. The van der Waals surface area contributed by atoms with Crippen molar-refractivity contribution in [3.8, 4) is 0 Å². The van der Waals surface area contributed by atoms with Gasteiger partial charge in [0.15, 0.2) is 5.11 Å². The van der Waals surface area contributed by atoms with Crippen molar-refractivity contribution < 1.29 is 22.9 Å². The van der Waals surface area contributed by atoms with Gasteiger partial charge in [-0.2, -0.15) is 13.2 Å². The maximum atomic E-state index is 12.9. The van der Waals surface area contributed by atoms with Crippen LogP contribution in [0.2, 0.25) is 5.02 Å². The second kappa shape index (κ2) is 9.06. The molecule has 0 saturated carbocycles. The van der Waals surface area contributed by atoms with Crippen molar-refractivity contribution in [2.75, 3.05) is 31.1 Å². The molecule has 3 rings (SSSR count). The van der Waals surface area contributed by atoms with Crippen LogP contribution in [-0.2, 0) is 6.18 Å². The summed E-state index contributed by atoms with van der Waals surface area (Å²) in [7, 11) is 0. The smallest absolute Gasteiger partial charge is 0.362 e. The Kier molecular flexibility index (Phi) is 6.65. The summed E-state index contributed by atoms with van der Waals surface area (Å²) >= 11 is 11.3. The zero-order chi connectivity index (χ0) is 22.8. The molecule has 7 nitrogen and oxygen atoms in total. The fourth-order valence-corrected chi connectivity index (χ4v) is 3.65. The topological polar surface area (TPSA) is 78.7 Å². The molecular weight excluding hydrogens is 457 g/mol. The van der Waals surface area contributed by atoms with Crippen LogP contribution in [0.1, 0.15) is 15.9 Å². The molecule has 164 valence electrons. The maximum absolute atomic E-state index is 12.9. The van der Waals surface area contributed by atoms with Gasteiger partial charge in [0.2, 0.25) is 0 Å². The van der Waals surface area contributed by atoms with E-state index in [2.05, 4.69) is 5.32 Å². The van der Waals surface area contributed by atoms with Crippen LogP contribution < -0.4 is 10.2 Å². The van der Waals surface area contributed by atoms with E-state index in [1.807, 2.05) is 0 Å². The van der Waals surface area contributed by atoms with Crippen LogP contribution in [0.3, 0.4) is 0 Å². The Morgan fingerprint density at radius 1 is 1.13 bits per heavy atom. The molecule has 1 aliphatic rings. The van der Waals surface area contributed by atoms with E-state index in [1.165, 1.54) is 0 Å². The number of halogens is 4. The molecule has 2 aromatic carbocycles. The number of benzene rings is 2. The molecule has 0 atom stereocenters. The third-order valence-corrected chi connectivity index (χ3v) is 5.44. The molecule has 1 aliphatic heterocycles. The zero-order valence-corrected chi connectivity index (χ0v) is 17.4. The van der Waals surface area contributed by atoms with Crippen molar-refractivity contribution in [2.24, 2.45) is 0 Å². The molecule has 1 heterocycles. The van der Waals surface area contributed by atoms with E-state index in [0.29, 0.717) is 19.2 Å². The largest absolute Gasteiger partial charge is 0.416 e. The number of carbonyl (C=O) groups excluding carboxylic acids is 1. The lowest BCUT2D eigenvalue weighted by atomic mass is 10.1. The molecular formula is C19H16ClF3N4O3S. The van der Waals surface area contributed by atoms with Gasteiger partial charge in [-0.3, -0.25) is 20.2 Å². The molecule has 12 heteroatoms. The highest BCUT2D eigenvalue weighted by Gasteiger charge is 2.34. The first-order valence-electron chi connectivity index (χ1n) is 9.03. The third kappa shape index (κ3) is 5.23. The number of nitrogens with one attached hydrogen (secondary N) is 1. The van der Waals surface area contributed by atoms with Gasteiger partial charge in [0.05, 0.1) is 21.1 Å². The third-order valence-electron chi connectivity index (χ3n) is 4.75. The van der Waals surface area contributed by atoms with Gasteiger partial charge in [0.25, 0.3) is 11.6 Å². The number of carbonyl (C=O) groups is 1. The van der Waals surface area contributed by atoms with Crippen LogP contribution in [0.4, 0.5) is 24.5 Å². The van der Waals surface area contributed by atoms with Gasteiger partial charge in [-0.1, -0.05) is 23.7 Å². The minimum atomic E-state index is -4.67. The van der Waals surface area contributed by atoms with Gasteiger partial charge in [-0.15, -0.1) is 0 Å². The fraction of sp³-hybridized carbons (Fsp3) is 0.263. The van der Waals surface area contributed by atoms with Crippen molar-refractivity contribution >= 4 is 46.2 Å². The van der Waals surface area contributed by atoms with Gasteiger partial charge < -0.3 is 9.80 Å². The first kappa shape index (κ1) is 22.8. The average Bonchev–Trinajstić information content (AvgIpc) is 2.73. The molecule has 1 N–H and O–H groups in total. The Morgan fingerprint density at radius 3 is 2.35 bits per heavy atom. The van der Waals surface area contributed by atoms with E-state index in [0.717, 1.165) is 12.1 Å². The number of nitro groups is 1. The molecule has 1 fully saturated rings. The Morgan fingerprint density at radius 2 is 1.77 bits per heavy atom. The summed E-state index contributed by atoms with van der Waals surface area (Å²) in [6.07, 6.45) is -4.67. The molecule has 1 amide bonds. The molecule has 31 heavy (non-hydrogen) atoms. The van der Waals surface area contributed by atoms with Crippen molar-refractivity contribution in [2.45, 2.75) is 6.18 Å². The lowest BCUT2D eigenvalue weighted by Crippen LogP contribution is -2.52. The van der Waals surface area contributed by atoms with Gasteiger partial charge in [0.1, 0.15) is 5.69 Å². The maximum Gasteiger partial charge on any atom is 0.416 e. The number of thiocarbonyl (C=S) groups is 1. The Hall–Kier alpha value is -2.92. The number of nitro benzene ring substituents is 1. The van der Waals surface area contributed by atoms with Crippen LogP contribution in [0, 0.1) is 10.1 Å². The lowest BCUT2D eigenvalue weighted by molar-refractivity contribution is -0.384. The minimum Gasteiger partial charge on any atom is -0.362 e. The van der Waals surface area contributed by atoms with Crippen molar-refractivity contribution in [3.63, 3.8) is 0 Å². The number of rotatable bonds is 3. The number of piperazine rings is 1. The van der Waals surface area contributed by atoms with Crippen LogP contribution >= 0.6 is 23.8 Å². The van der Waals surface area contributed by atoms with Crippen LogP contribution in [0.25, 0.3) is 0 Å². The predicted molar refractivity (Wildman–Crippen MR) is 113 cm³/mol. The normalized spacial score (nSPS) is 14.3. The highest BCUT2D eigenvalue weighted by atomic mass is 35.5. The summed E-state index contributed by atoms with van der Waals surface area (Å²) in [6.45, 7) is 1.18. The van der Waals surface area contributed by atoms with Crippen molar-refractivity contribution in [3.05, 3.63) is 68.7 Å². The molecule has 0 aliphatic carbocycles. The SMILES string of the molecule is O=C(NC(=S)N1CCN(c2ccc(C(F)(F)F)cc2[N+](=O)[O-])CC1)c1ccccc1Cl. The van der Waals surface area contributed by atoms with Crippen LogP contribution in [-0.4, -0.2) is 47.0 Å². The molecule has 0 radical (unpaired) electrons. The number of amides is 1. The van der Waals surface area contributed by atoms with Gasteiger partial charge >= 0.3 is 6.18 Å². The lowest BCUT2D eigenvalue weighted by Gasteiger charge is -2.37. The Balaban J connectivity index is 1.67. The minimum absolute atomic E-state index is 0.101. The summed E-state index contributed by atoms with van der Waals surface area (Å²) in [5.41, 5.74) is -1.32. The molecule has 0 unspecified atom stereocenters. The highest BCUT2D eigenvalue weighted by Crippen LogP contribution is 2.36. The quantitative estimate of drug-likeness (QED) is 0.411. The average molecular weight is 473 g/mol. The second-order valence-electron chi connectivity index (χ2n) is 6.67. The summed E-state index contributed by atoms with van der Waals surface area (Å²) < 4.78 is 38.7.